The third kappa shape index (κ3) is 3.47. The number of nitrogens with zero attached hydrogens (tertiary/aromatic N) is 1. The second-order valence-corrected chi connectivity index (χ2v) is 4.78. The van der Waals surface area contributed by atoms with Gasteiger partial charge >= 0.3 is 12.1 Å². The van der Waals surface area contributed by atoms with Gasteiger partial charge in [0.05, 0.1) is 5.92 Å². The lowest BCUT2D eigenvalue weighted by Crippen LogP contribution is -2.41. The van der Waals surface area contributed by atoms with E-state index in [0.29, 0.717) is 31.7 Å². The van der Waals surface area contributed by atoms with E-state index in [1.54, 1.807) is 17.0 Å². The number of carbonyl (C=O) groups excluding carboxylic acids is 1. The highest BCUT2D eigenvalue weighted by Gasteiger charge is 2.27. The fraction of sp³-hybridized carbons (Fsp3) is 0.429. The topological polar surface area (TPSA) is 66.8 Å². The molecular weight excluding hydrogens is 246 g/mol. The largest absolute Gasteiger partial charge is 0.481 e. The molecule has 1 aliphatic heterocycles. The quantitative estimate of drug-likeness (QED) is 0.889. The number of aliphatic carboxylic acids is 1. The summed E-state index contributed by atoms with van der Waals surface area (Å²) < 4.78 is 5.24. The van der Waals surface area contributed by atoms with Crippen LogP contribution >= 0.6 is 0 Å². The molecular formula is C14H17NO4. The molecule has 0 radical (unpaired) electrons. The van der Waals surface area contributed by atoms with Crippen molar-refractivity contribution in [1.29, 1.82) is 0 Å². The van der Waals surface area contributed by atoms with Gasteiger partial charge in [0.1, 0.15) is 5.75 Å². The average Bonchev–Trinajstić information content (AvgIpc) is 2.41. The first-order valence-corrected chi connectivity index (χ1v) is 6.32. The number of carbonyl (C=O) groups is 2. The highest BCUT2D eigenvalue weighted by Crippen LogP contribution is 2.19. The summed E-state index contributed by atoms with van der Waals surface area (Å²) >= 11 is 0. The van der Waals surface area contributed by atoms with Crippen LogP contribution in [0.1, 0.15) is 18.4 Å². The zero-order valence-corrected chi connectivity index (χ0v) is 10.8. The van der Waals surface area contributed by atoms with Crippen LogP contribution in [0.15, 0.2) is 24.3 Å². The van der Waals surface area contributed by atoms with Crippen molar-refractivity contribution in [2.24, 2.45) is 5.92 Å². The van der Waals surface area contributed by atoms with Crippen molar-refractivity contribution in [2.75, 3.05) is 13.1 Å². The van der Waals surface area contributed by atoms with Crippen molar-refractivity contribution in [3.8, 4) is 5.75 Å². The first-order chi connectivity index (χ1) is 9.06. The van der Waals surface area contributed by atoms with Gasteiger partial charge in [0, 0.05) is 13.1 Å². The smallest absolute Gasteiger partial charge is 0.415 e. The predicted octanol–water partition coefficient (Wildman–Crippen LogP) is 2.29. The monoisotopic (exact) mass is 263 g/mol. The zero-order chi connectivity index (χ0) is 13.8. The van der Waals surface area contributed by atoms with Crippen LogP contribution in [0.3, 0.4) is 0 Å². The molecule has 1 fully saturated rings. The Balaban J connectivity index is 1.88. The summed E-state index contributed by atoms with van der Waals surface area (Å²) in [5.74, 6) is -0.620. The number of piperidine rings is 1. The predicted molar refractivity (Wildman–Crippen MR) is 69.1 cm³/mol. The van der Waals surface area contributed by atoms with Gasteiger partial charge in [-0.25, -0.2) is 4.79 Å². The maximum atomic E-state index is 11.9. The van der Waals surface area contributed by atoms with E-state index in [9.17, 15) is 9.59 Å². The molecule has 1 N–H and O–H groups in total. The van der Waals surface area contributed by atoms with Crippen LogP contribution in [0.5, 0.6) is 5.75 Å². The third-order valence-electron chi connectivity index (χ3n) is 3.33. The standard InChI is InChI=1S/C14H17NO4/c1-10-2-4-12(5-3-10)19-14(18)15-8-6-11(7-9-15)13(16)17/h2-5,11H,6-9H2,1H3,(H,16,17). The fourth-order valence-corrected chi connectivity index (χ4v) is 2.08. The highest BCUT2D eigenvalue weighted by molar-refractivity contribution is 5.73. The van der Waals surface area contributed by atoms with Crippen LogP contribution in [0.2, 0.25) is 0 Å². The lowest BCUT2D eigenvalue weighted by atomic mass is 9.97. The molecule has 0 unspecified atom stereocenters. The van der Waals surface area contributed by atoms with Crippen LogP contribution in [-0.4, -0.2) is 35.2 Å². The minimum atomic E-state index is -0.786. The Labute approximate surface area is 111 Å². The second-order valence-electron chi connectivity index (χ2n) is 4.78. The van der Waals surface area contributed by atoms with E-state index in [1.165, 1.54) is 0 Å². The molecule has 0 aromatic heterocycles. The van der Waals surface area contributed by atoms with Gasteiger partial charge < -0.3 is 14.7 Å². The van der Waals surface area contributed by atoms with Crippen LogP contribution in [0.25, 0.3) is 0 Å². The van der Waals surface area contributed by atoms with Gasteiger partial charge in [-0.15, -0.1) is 0 Å². The first-order valence-electron chi connectivity index (χ1n) is 6.32. The van der Waals surface area contributed by atoms with Gasteiger partial charge in [-0.3, -0.25) is 4.79 Å². The average molecular weight is 263 g/mol. The van der Waals surface area contributed by atoms with Gasteiger partial charge in [-0.05, 0) is 31.9 Å². The number of benzene rings is 1. The van der Waals surface area contributed by atoms with Crippen molar-refractivity contribution in [1.82, 2.24) is 4.90 Å². The molecule has 1 aromatic carbocycles. The number of likely N-dealkylation sites (tertiary alicyclic amines) is 1. The maximum Gasteiger partial charge on any atom is 0.415 e. The molecule has 1 aromatic rings. The van der Waals surface area contributed by atoms with Crippen molar-refractivity contribution < 1.29 is 19.4 Å². The molecule has 1 heterocycles. The van der Waals surface area contributed by atoms with E-state index < -0.39 is 12.1 Å². The Morgan fingerprint density at radius 2 is 1.79 bits per heavy atom. The van der Waals surface area contributed by atoms with E-state index >= 15 is 0 Å². The lowest BCUT2D eigenvalue weighted by Gasteiger charge is -2.29. The number of rotatable bonds is 2. The summed E-state index contributed by atoms with van der Waals surface area (Å²) in [6, 6.07) is 7.24. The van der Waals surface area contributed by atoms with E-state index in [1.807, 2.05) is 19.1 Å². The van der Waals surface area contributed by atoms with Crippen LogP contribution in [0, 0.1) is 12.8 Å². The Hall–Kier alpha value is -2.04. The molecule has 5 heteroatoms. The van der Waals surface area contributed by atoms with Crippen LogP contribution < -0.4 is 4.74 Å². The minimum Gasteiger partial charge on any atom is -0.481 e. The minimum absolute atomic E-state index is 0.344. The number of ether oxygens (including phenoxy) is 1. The Bertz CT molecular complexity index is 461. The molecule has 0 atom stereocenters. The molecule has 1 amide bonds. The van der Waals surface area contributed by atoms with Gasteiger partial charge in [0.2, 0.25) is 0 Å². The molecule has 2 rings (SSSR count). The number of carboxylic acids is 1. The fourth-order valence-electron chi connectivity index (χ4n) is 2.08. The second kappa shape index (κ2) is 5.73. The number of amides is 1. The summed E-state index contributed by atoms with van der Waals surface area (Å²) in [5.41, 5.74) is 1.10. The SMILES string of the molecule is Cc1ccc(OC(=O)N2CCC(C(=O)O)CC2)cc1. The molecule has 0 bridgehead atoms. The van der Waals surface area contributed by atoms with Crippen molar-refractivity contribution in [3.05, 3.63) is 29.8 Å². The molecule has 0 saturated carbocycles. The van der Waals surface area contributed by atoms with Gasteiger partial charge in [0.15, 0.2) is 0 Å². The molecule has 5 nitrogen and oxygen atoms in total. The summed E-state index contributed by atoms with van der Waals surface area (Å²) in [7, 11) is 0. The van der Waals surface area contributed by atoms with Crippen molar-refractivity contribution in [2.45, 2.75) is 19.8 Å². The van der Waals surface area contributed by atoms with Gasteiger partial charge in [0.25, 0.3) is 0 Å². The number of carboxylic acid groups (broad SMARTS) is 1. The van der Waals surface area contributed by atoms with Crippen LogP contribution in [0.4, 0.5) is 4.79 Å². The van der Waals surface area contributed by atoms with Gasteiger partial charge in [-0.1, -0.05) is 17.7 Å². The summed E-state index contributed by atoms with van der Waals surface area (Å²) in [5, 5.41) is 8.89. The number of hydrogen-bond acceptors (Lipinski definition) is 3. The van der Waals surface area contributed by atoms with E-state index in [-0.39, 0.29) is 5.92 Å². The van der Waals surface area contributed by atoms with Crippen molar-refractivity contribution >= 4 is 12.1 Å². The molecule has 0 spiro atoms. The molecule has 1 aliphatic rings. The van der Waals surface area contributed by atoms with Crippen molar-refractivity contribution in [3.63, 3.8) is 0 Å². The van der Waals surface area contributed by atoms with Crippen LogP contribution in [-0.2, 0) is 4.79 Å². The lowest BCUT2D eigenvalue weighted by molar-refractivity contribution is -0.143. The summed E-state index contributed by atoms with van der Waals surface area (Å²) in [4.78, 5) is 24.3. The summed E-state index contributed by atoms with van der Waals surface area (Å²) in [6.07, 6.45) is 0.559. The normalized spacial score (nSPS) is 16.2. The van der Waals surface area contributed by atoms with Gasteiger partial charge in [-0.2, -0.15) is 0 Å². The first kappa shape index (κ1) is 13.4. The third-order valence-corrected chi connectivity index (χ3v) is 3.33. The molecule has 0 aliphatic carbocycles. The summed E-state index contributed by atoms with van der Waals surface area (Å²) in [6.45, 7) is 2.83. The number of hydrogen-bond donors (Lipinski definition) is 1. The Morgan fingerprint density at radius 3 is 2.32 bits per heavy atom. The molecule has 102 valence electrons. The van der Waals surface area contributed by atoms with E-state index in [2.05, 4.69) is 0 Å². The zero-order valence-electron chi connectivity index (χ0n) is 10.8. The Morgan fingerprint density at radius 1 is 1.21 bits per heavy atom. The Kier molecular flexibility index (Phi) is 4.04. The number of aryl methyl sites for hydroxylation is 1. The van der Waals surface area contributed by atoms with E-state index in [0.717, 1.165) is 5.56 Å². The molecule has 1 saturated heterocycles. The maximum absolute atomic E-state index is 11.9. The molecule has 19 heavy (non-hydrogen) atoms. The van der Waals surface area contributed by atoms with E-state index in [4.69, 9.17) is 9.84 Å². The highest BCUT2D eigenvalue weighted by atomic mass is 16.6.